The van der Waals surface area contributed by atoms with E-state index in [2.05, 4.69) is 30.2 Å². The highest BCUT2D eigenvalue weighted by molar-refractivity contribution is 7.89. The van der Waals surface area contributed by atoms with Gasteiger partial charge in [-0.3, -0.25) is 4.90 Å². The fourth-order valence-corrected chi connectivity index (χ4v) is 5.70. The summed E-state index contributed by atoms with van der Waals surface area (Å²) in [6.45, 7) is 11.4. The summed E-state index contributed by atoms with van der Waals surface area (Å²) in [6, 6.07) is 14.4. The Balaban J connectivity index is 1.42. The maximum Gasteiger partial charge on any atom is 0.241 e. The first-order valence-electron chi connectivity index (χ1n) is 13.1. The van der Waals surface area contributed by atoms with Gasteiger partial charge in [-0.25, -0.2) is 18.1 Å². The smallest absolute Gasteiger partial charge is 0.241 e. The van der Waals surface area contributed by atoms with E-state index in [0.717, 1.165) is 30.0 Å². The number of hydrogen-bond donors (Lipinski definition) is 3. The van der Waals surface area contributed by atoms with Crippen LogP contribution in [-0.4, -0.2) is 55.1 Å². The minimum absolute atomic E-state index is 0.186. The van der Waals surface area contributed by atoms with E-state index in [4.69, 9.17) is 4.74 Å². The van der Waals surface area contributed by atoms with Crippen molar-refractivity contribution in [2.24, 2.45) is 0 Å². The predicted octanol–water partition coefficient (Wildman–Crippen LogP) is 5.08. The normalized spacial score (nSPS) is 14.4. The van der Waals surface area contributed by atoms with Crippen LogP contribution in [0.2, 0.25) is 0 Å². The maximum absolute atomic E-state index is 12.8. The third-order valence-corrected chi connectivity index (χ3v) is 7.83. The van der Waals surface area contributed by atoms with Gasteiger partial charge >= 0.3 is 0 Å². The number of ether oxygens (including phenoxy) is 1. The van der Waals surface area contributed by atoms with E-state index in [1.54, 1.807) is 24.4 Å². The van der Waals surface area contributed by atoms with Crippen molar-refractivity contribution in [3.63, 3.8) is 0 Å². The molecule has 204 valence electrons. The number of nitrogens with one attached hydrogen (secondary N) is 3. The van der Waals surface area contributed by atoms with Gasteiger partial charge in [-0.15, -0.1) is 0 Å². The largest absolute Gasteiger partial charge is 0.492 e. The highest BCUT2D eigenvalue weighted by Gasteiger charge is 2.22. The van der Waals surface area contributed by atoms with Gasteiger partial charge in [0.25, 0.3) is 0 Å². The zero-order valence-electron chi connectivity index (χ0n) is 22.6. The van der Waals surface area contributed by atoms with Crippen LogP contribution in [0.3, 0.4) is 0 Å². The van der Waals surface area contributed by atoms with Crippen molar-refractivity contribution < 1.29 is 13.2 Å². The Morgan fingerprint density at radius 2 is 1.74 bits per heavy atom. The minimum atomic E-state index is -3.66. The highest BCUT2D eigenvalue weighted by Crippen LogP contribution is 2.25. The number of aryl methyl sites for hydroxylation is 1. The van der Waals surface area contributed by atoms with Gasteiger partial charge in [-0.1, -0.05) is 13.0 Å². The van der Waals surface area contributed by atoms with E-state index in [0.29, 0.717) is 24.1 Å². The average molecular weight is 539 g/mol. The molecule has 1 aliphatic rings. The Hall–Kier alpha value is -3.21. The van der Waals surface area contributed by atoms with E-state index in [-0.39, 0.29) is 4.90 Å². The summed E-state index contributed by atoms with van der Waals surface area (Å²) in [5.74, 6) is 1.88. The van der Waals surface area contributed by atoms with Crippen LogP contribution in [0.25, 0.3) is 0 Å². The average Bonchev–Trinajstić information content (AvgIpc) is 3.38. The topological polar surface area (TPSA) is 108 Å². The molecular formula is C28H38N6O3S. The highest BCUT2D eigenvalue weighted by atomic mass is 32.2. The van der Waals surface area contributed by atoms with Crippen molar-refractivity contribution in [2.75, 3.05) is 36.9 Å². The lowest BCUT2D eigenvalue weighted by Gasteiger charge is -2.20. The summed E-state index contributed by atoms with van der Waals surface area (Å²) in [4.78, 5) is 11.7. The molecule has 3 aromatic rings. The zero-order chi connectivity index (χ0) is 27.2. The molecule has 0 atom stereocenters. The van der Waals surface area contributed by atoms with Crippen LogP contribution in [0.4, 0.5) is 23.1 Å². The predicted molar refractivity (Wildman–Crippen MR) is 152 cm³/mol. The number of rotatable bonds is 11. The van der Waals surface area contributed by atoms with Gasteiger partial charge < -0.3 is 15.4 Å². The monoisotopic (exact) mass is 538 g/mol. The molecule has 9 nitrogen and oxygen atoms in total. The van der Waals surface area contributed by atoms with Gasteiger partial charge in [-0.05, 0) is 95.6 Å². The lowest BCUT2D eigenvalue weighted by molar-refractivity contribution is 0.238. The van der Waals surface area contributed by atoms with Gasteiger partial charge in [0, 0.05) is 35.2 Å². The number of aromatic nitrogens is 2. The fourth-order valence-electron chi connectivity index (χ4n) is 4.24. The van der Waals surface area contributed by atoms with Crippen LogP contribution in [0.5, 0.6) is 5.75 Å². The van der Waals surface area contributed by atoms with Crippen molar-refractivity contribution in [3.8, 4) is 5.75 Å². The molecule has 0 aliphatic carbocycles. The summed E-state index contributed by atoms with van der Waals surface area (Å²) in [5, 5.41) is 6.51. The number of sulfonamides is 1. The number of benzene rings is 2. The number of likely N-dealkylation sites (tertiary alicyclic amines) is 1. The SMILES string of the molecule is CCc1cnc(Nc2ccc(OCCN3CCCC3)cc2)nc1Nc1cccc(S(=O)(=O)NC(C)(C)C)c1. The van der Waals surface area contributed by atoms with Gasteiger partial charge in [0.2, 0.25) is 16.0 Å². The Morgan fingerprint density at radius 3 is 2.42 bits per heavy atom. The molecule has 0 spiro atoms. The van der Waals surface area contributed by atoms with E-state index in [1.165, 1.54) is 25.9 Å². The second kappa shape index (κ2) is 12.1. The lowest BCUT2D eigenvalue weighted by atomic mass is 10.1. The molecule has 1 aliphatic heterocycles. The molecular weight excluding hydrogens is 500 g/mol. The maximum atomic E-state index is 12.8. The molecule has 0 radical (unpaired) electrons. The zero-order valence-corrected chi connectivity index (χ0v) is 23.4. The van der Waals surface area contributed by atoms with Gasteiger partial charge in [0.1, 0.15) is 18.2 Å². The van der Waals surface area contributed by atoms with E-state index >= 15 is 0 Å². The second-order valence-electron chi connectivity index (χ2n) is 10.5. The first kappa shape index (κ1) is 27.8. The van der Waals surface area contributed by atoms with Crippen LogP contribution in [0.15, 0.2) is 59.6 Å². The standard InChI is InChI=1S/C28H38N6O3S/c1-5-21-20-29-27(31-22-11-13-24(14-12-22)37-18-17-34-15-6-7-16-34)32-26(21)30-23-9-8-10-25(19-23)38(35,36)33-28(2,3)4/h8-14,19-20,33H,5-7,15-18H2,1-4H3,(H2,29,30,31,32). The third kappa shape index (κ3) is 7.89. The lowest BCUT2D eigenvalue weighted by Crippen LogP contribution is -2.40. The van der Waals surface area contributed by atoms with Crippen molar-refractivity contribution in [1.82, 2.24) is 19.6 Å². The van der Waals surface area contributed by atoms with Crippen LogP contribution in [0.1, 0.15) is 46.1 Å². The molecule has 0 amide bonds. The van der Waals surface area contributed by atoms with E-state index in [1.807, 2.05) is 58.0 Å². The Kier molecular flexibility index (Phi) is 8.86. The molecule has 0 bridgehead atoms. The van der Waals surface area contributed by atoms with Crippen molar-refractivity contribution in [1.29, 1.82) is 0 Å². The van der Waals surface area contributed by atoms with Crippen LogP contribution in [0, 0.1) is 0 Å². The van der Waals surface area contributed by atoms with Crippen molar-refractivity contribution in [3.05, 3.63) is 60.3 Å². The minimum Gasteiger partial charge on any atom is -0.492 e. The number of anilines is 4. The quantitative estimate of drug-likeness (QED) is 0.310. The molecule has 1 fully saturated rings. The van der Waals surface area contributed by atoms with Crippen molar-refractivity contribution >= 4 is 33.2 Å². The number of nitrogens with zero attached hydrogens (tertiary/aromatic N) is 3. The molecule has 10 heteroatoms. The molecule has 38 heavy (non-hydrogen) atoms. The molecule has 1 saturated heterocycles. The fraction of sp³-hybridized carbons (Fsp3) is 0.429. The summed E-state index contributed by atoms with van der Waals surface area (Å²) in [5.41, 5.74) is 1.80. The molecule has 2 heterocycles. The number of hydrogen-bond acceptors (Lipinski definition) is 8. The molecule has 0 saturated carbocycles. The summed E-state index contributed by atoms with van der Waals surface area (Å²) < 4.78 is 34.2. The Bertz CT molecular complexity index is 1320. The summed E-state index contributed by atoms with van der Waals surface area (Å²) in [7, 11) is -3.66. The molecule has 2 aromatic carbocycles. The second-order valence-corrected chi connectivity index (χ2v) is 12.2. The molecule has 4 rings (SSSR count). The molecule has 3 N–H and O–H groups in total. The van der Waals surface area contributed by atoms with Gasteiger partial charge in [0.05, 0.1) is 4.90 Å². The first-order chi connectivity index (χ1) is 18.1. The Morgan fingerprint density at radius 1 is 1.00 bits per heavy atom. The van der Waals surface area contributed by atoms with E-state index in [9.17, 15) is 8.42 Å². The first-order valence-corrected chi connectivity index (χ1v) is 14.6. The van der Waals surface area contributed by atoms with Crippen LogP contribution >= 0.6 is 0 Å². The Labute approximate surface area is 226 Å². The van der Waals surface area contributed by atoms with Crippen LogP contribution < -0.4 is 20.1 Å². The third-order valence-electron chi connectivity index (χ3n) is 6.08. The van der Waals surface area contributed by atoms with Crippen LogP contribution in [-0.2, 0) is 16.4 Å². The van der Waals surface area contributed by atoms with Gasteiger partial charge in [-0.2, -0.15) is 4.98 Å². The summed E-state index contributed by atoms with van der Waals surface area (Å²) in [6.07, 6.45) is 5.05. The van der Waals surface area contributed by atoms with E-state index < -0.39 is 15.6 Å². The molecule has 1 aromatic heterocycles. The summed E-state index contributed by atoms with van der Waals surface area (Å²) >= 11 is 0. The van der Waals surface area contributed by atoms with Gasteiger partial charge in [0.15, 0.2) is 0 Å². The van der Waals surface area contributed by atoms with Crippen molar-refractivity contribution in [2.45, 2.75) is 57.4 Å². The molecule has 0 unspecified atom stereocenters.